The Morgan fingerprint density at radius 1 is 0.442 bits per heavy atom. The zero-order valence-electron chi connectivity index (χ0n) is 32.5. The van der Waals surface area contributed by atoms with Crippen molar-refractivity contribution in [3.8, 4) is 0 Å². The molecule has 0 saturated carbocycles. The highest BCUT2D eigenvalue weighted by Gasteiger charge is 2.15. The van der Waals surface area contributed by atoms with Crippen LogP contribution in [0.15, 0.2) is 134 Å². The van der Waals surface area contributed by atoms with Crippen LogP contribution in [0.25, 0.3) is 0 Å². The number of aliphatic hydroxyl groups is 1. The summed E-state index contributed by atoms with van der Waals surface area (Å²) in [5, 5.41) is 9.55. The number of aliphatic hydroxyl groups excluding tert-OH is 1. The van der Waals surface area contributed by atoms with Crippen molar-refractivity contribution in [3.63, 3.8) is 0 Å². The molecule has 0 aromatic rings. The van der Waals surface area contributed by atoms with Gasteiger partial charge in [0.2, 0.25) is 0 Å². The van der Waals surface area contributed by atoms with Crippen LogP contribution < -0.4 is 0 Å². The maximum Gasteiger partial charge on any atom is 0.306 e. The van der Waals surface area contributed by atoms with Gasteiger partial charge >= 0.3 is 11.9 Å². The van der Waals surface area contributed by atoms with E-state index in [0.717, 1.165) is 96.3 Å². The number of hydrogen-bond acceptors (Lipinski definition) is 5. The number of allylic oxidation sites excluding steroid dienone is 22. The summed E-state index contributed by atoms with van der Waals surface area (Å²) in [6.07, 6.45) is 62.3. The first kappa shape index (κ1) is 48.0. The van der Waals surface area contributed by atoms with Gasteiger partial charge in [0.1, 0.15) is 6.61 Å². The summed E-state index contributed by atoms with van der Waals surface area (Å²) in [6.45, 7) is 3.79. The first-order valence-electron chi connectivity index (χ1n) is 19.7. The number of carbonyl (C=O) groups is 2. The average molecular weight is 715 g/mol. The lowest BCUT2D eigenvalue weighted by Gasteiger charge is -2.15. The summed E-state index contributed by atoms with van der Waals surface area (Å²) in [4.78, 5) is 24.2. The predicted molar refractivity (Wildman–Crippen MR) is 223 cm³/mol. The van der Waals surface area contributed by atoms with E-state index in [1.165, 1.54) is 0 Å². The second-order valence-corrected chi connectivity index (χ2v) is 12.2. The van der Waals surface area contributed by atoms with Gasteiger partial charge in [-0.15, -0.1) is 0 Å². The van der Waals surface area contributed by atoms with Gasteiger partial charge in [0.05, 0.1) is 6.61 Å². The molecule has 5 heteroatoms. The average Bonchev–Trinajstić information content (AvgIpc) is 3.15. The minimum Gasteiger partial charge on any atom is -0.462 e. The molecule has 0 bridgehead atoms. The van der Waals surface area contributed by atoms with E-state index in [1.54, 1.807) is 0 Å². The molecule has 5 nitrogen and oxygen atoms in total. The van der Waals surface area contributed by atoms with Crippen molar-refractivity contribution in [1.82, 2.24) is 0 Å². The zero-order valence-corrected chi connectivity index (χ0v) is 32.5. The monoisotopic (exact) mass is 715 g/mol. The van der Waals surface area contributed by atoms with Crippen LogP contribution in [-0.2, 0) is 19.1 Å². The SMILES string of the molecule is CC/C=C\C/C=C\C/C=C\C/C=C\C/C=C\C/C=C\C/C=C\CCCC(=O)OC(CO)COC(=O)CCCC/C=C\C/C=C\C/C=C\C/C=C\CC. The van der Waals surface area contributed by atoms with Crippen molar-refractivity contribution < 1.29 is 24.2 Å². The molecule has 0 rings (SSSR count). The molecule has 0 heterocycles. The standard InChI is InChI=1S/C47H70O5/c1-3-5-7-9-11-13-15-17-19-20-21-22-23-24-25-26-28-30-32-34-36-38-40-42-47(50)52-45(43-48)44-51-46(49)41-39-37-35-33-31-29-27-18-16-14-12-10-8-6-4-2/h5-8,11-14,17-19,21-22,24-25,27-28,30-31,33-34,36,45,48H,3-4,9-10,15-16,20,23,26,29,32,35,37-44H2,1-2H3/b7-5-,8-6-,13-11-,14-12-,19-17-,22-21-,25-24-,27-18-,30-28-,33-31-,36-34-. The van der Waals surface area contributed by atoms with Gasteiger partial charge in [-0.25, -0.2) is 0 Å². The summed E-state index contributed by atoms with van der Waals surface area (Å²) >= 11 is 0. The Kier molecular flexibility index (Phi) is 38.3. The zero-order chi connectivity index (χ0) is 37.8. The molecule has 1 N–H and O–H groups in total. The first-order valence-corrected chi connectivity index (χ1v) is 19.7. The van der Waals surface area contributed by atoms with Crippen LogP contribution in [0.2, 0.25) is 0 Å². The molecule has 1 atom stereocenters. The van der Waals surface area contributed by atoms with Gasteiger partial charge in [-0.05, 0) is 103 Å². The van der Waals surface area contributed by atoms with E-state index in [-0.39, 0.29) is 25.6 Å². The second-order valence-electron chi connectivity index (χ2n) is 12.2. The lowest BCUT2D eigenvalue weighted by molar-refractivity contribution is -0.161. The molecule has 0 aromatic heterocycles. The highest BCUT2D eigenvalue weighted by Crippen LogP contribution is 2.07. The second kappa shape index (κ2) is 41.5. The summed E-state index contributed by atoms with van der Waals surface area (Å²) in [5.41, 5.74) is 0. The number of rotatable bonds is 33. The maximum atomic E-state index is 12.2. The van der Waals surface area contributed by atoms with Gasteiger partial charge in [-0.2, -0.15) is 0 Å². The lowest BCUT2D eigenvalue weighted by atomic mass is 10.2. The maximum absolute atomic E-state index is 12.2. The Hall–Kier alpha value is -3.96. The van der Waals surface area contributed by atoms with Crippen molar-refractivity contribution in [2.75, 3.05) is 13.2 Å². The van der Waals surface area contributed by atoms with Crippen LogP contribution in [0.3, 0.4) is 0 Å². The summed E-state index contributed by atoms with van der Waals surface area (Å²) < 4.78 is 10.5. The van der Waals surface area contributed by atoms with Crippen molar-refractivity contribution in [3.05, 3.63) is 134 Å². The third kappa shape index (κ3) is 38.8. The Bertz CT molecular complexity index is 1170. The van der Waals surface area contributed by atoms with Crippen LogP contribution in [0.1, 0.15) is 129 Å². The number of ether oxygens (including phenoxy) is 2. The van der Waals surface area contributed by atoms with E-state index in [2.05, 4.69) is 148 Å². The molecule has 0 aliphatic heterocycles. The fourth-order valence-electron chi connectivity index (χ4n) is 4.53. The molecule has 0 fully saturated rings. The van der Waals surface area contributed by atoms with Crippen molar-refractivity contribution >= 4 is 11.9 Å². The van der Waals surface area contributed by atoms with E-state index in [9.17, 15) is 14.7 Å². The van der Waals surface area contributed by atoms with Gasteiger partial charge in [-0.1, -0.05) is 148 Å². The molecule has 52 heavy (non-hydrogen) atoms. The highest BCUT2D eigenvalue weighted by atomic mass is 16.6. The van der Waals surface area contributed by atoms with E-state index >= 15 is 0 Å². The summed E-state index contributed by atoms with van der Waals surface area (Å²) in [6, 6.07) is 0. The van der Waals surface area contributed by atoms with Gasteiger partial charge in [-0.3, -0.25) is 9.59 Å². The number of hydrogen-bond donors (Lipinski definition) is 1. The third-order valence-corrected chi connectivity index (χ3v) is 7.44. The quantitative estimate of drug-likeness (QED) is 0.0416. The largest absolute Gasteiger partial charge is 0.462 e. The minimum atomic E-state index is -0.829. The van der Waals surface area contributed by atoms with E-state index in [4.69, 9.17) is 9.47 Å². The fraction of sp³-hybridized carbons (Fsp3) is 0.489. The van der Waals surface area contributed by atoms with E-state index in [0.29, 0.717) is 12.8 Å². The molecule has 0 saturated heterocycles. The predicted octanol–water partition coefficient (Wildman–Crippen LogP) is 12.6. The van der Waals surface area contributed by atoms with E-state index in [1.807, 2.05) is 0 Å². The molecular formula is C47H70O5. The first-order chi connectivity index (χ1) is 25.6. The summed E-state index contributed by atoms with van der Waals surface area (Å²) in [5.74, 6) is -0.727. The smallest absolute Gasteiger partial charge is 0.306 e. The van der Waals surface area contributed by atoms with Crippen molar-refractivity contribution in [2.45, 2.75) is 136 Å². The molecule has 1 unspecified atom stereocenters. The molecule has 0 aliphatic rings. The van der Waals surface area contributed by atoms with E-state index < -0.39 is 12.1 Å². The van der Waals surface area contributed by atoms with Crippen molar-refractivity contribution in [2.24, 2.45) is 0 Å². The molecule has 288 valence electrons. The molecule has 0 radical (unpaired) electrons. The number of unbranched alkanes of at least 4 members (excludes halogenated alkanes) is 3. The van der Waals surface area contributed by atoms with Gasteiger partial charge in [0, 0.05) is 12.8 Å². The Labute approximate surface area is 317 Å². The molecule has 0 spiro atoms. The molecular weight excluding hydrogens is 645 g/mol. The highest BCUT2D eigenvalue weighted by molar-refractivity contribution is 5.70. The normalized spacial score (nSPS) is 13.7. The van der Waals surface area contributed by atoms with Crippen molar-refractivity contribution in [1.29, 1.82) is 0 Å². The lowest BCUT2D eigenvalue weighted by Crippen LogP contribution is -2.28. The van der Waals surface area contributed by atoms with Crippen LogP contribution in [0, 0.1) is 0 Å². The molecule has 0 amide bonds. The molecule has 0 aromatic carbocycles. The minimum absolute atomic E-state index is 0.121. The Balaban J connectivity index is 3.81. The van der Waals surface area contributed by atoms with Crippen LogP contribution in [-0.4, -0.2) is 36.4 Å². The summed E-state index contributed by atoms with van der Waals surface area (Å²) in [7, 11) is 0. The number of esters is 2. The third-order valence-electron chi connectivity index (χ3n) is 7.44. The van der Waals surface area contributed by atoms with Gasteiger partial charge < -0.3 is 14.6 Å². The van der Waals surface area contributed by atoms with Gasteiger partial charge in [0.25, 0.3) is 0 Å². The fourth-order valence-corrected chi connectivity index (χ4v) is 4.53. The number of carbonyl (C=O) groups excluding carboxylic acids is 2. The Morgan fingerprint density at radius 3 is 1.13 bits per heavy atom. The van der Waals surface area contributed by atoms with Crippen LogP contribution in [0.5, 0.6) is 0 Å². The topological polar surface area (TPSA) is 72.8 Å². The Morgan fingerprint density at radius 2 is 0.769 bits per heavy atom. The van der Waals surface area contributed by atoms with Crippen LogP contribution >= 0.6 is 0 Å². The van der Waals surface area contributed by atoms with Crippen LogP contribution in [0.4, 0.5) is 0 Å². The molecule has 0 aliphatic carbocycles. The van der Waals surface area contributed by atoms with Gasteiger partial charge in [0.15, 0.2) is 6.10 Å².